The Morgan fingerprint density at radius 2 is 0.488 bits per heavy atom. The van der Waals surface area contributed by atoms with E-state index in [1.807, 2.05) is 73.6 Å². The highest BCUT2D eigenvalue weighted by Gasteiger charge is 2.35. The van der Waals surface area contributed by atoms with Crippen LogP contribution in [-0.4, -0.2) is 55.8 Å². The first-order valence-corrected chi connectivity index (χ1v) is 52.0. The van der Waals surface area contributed by atoms with Gasteiger partial charge in [-0.1, -0.05) is 379 Å². The largest absolute Gasteiger partial charge is 0.494 e. The van der Waals surface area contributed by atoms with Gasteiger partial charge in [0.15, 0.2) is 17.5 Å². The van der Waals surface area contributed by atoms with Gasteiger partial charge >= 0.3 is 0 Å². The molecule has 10 heteroatoms. The number of rotatable bonds is 63. The molecule has 1 unspecified atom stereocenters. The van der Waals surface area contributed by atoms with Crippen LogP contribution in [0.25, 0.3) is 61.3 Å². The number of benzene rings is 6. The van der Waals surface area contributed by atoms with Crippen LogP contribution in [0, 0.1) is 12.5 Å². The van der Waals surface area contributed by atoms with Gasteiger partial charge in [0.05, 0.1) is 19.8 Å². The van der Waals surface area contributed by atoms with Gasteiger partial charge in [0.25, 0.3) is 0 Å². The topological polar surface area (TPSA) is 109 Å². The van der Waals surface area contributed by atoms with Gasteiger partial charge in [-0.05, 0) is 219 Å². The van der Waals surface area contributed by atoms with E-state index in [2.05, 4.69) is 199 Å². The van der Waals surface area contributed by atoms with Crippen molar-refractivity contribution < 1.29 is 14.2 Å². The van der Waals surface area contributed by atoms with Gasteiger partial charge in [-0.25, -0.2) is 36.5 Å². The highest BCUT2D eigenvalue weighted by atomic mass is 16.5. The number of nitrogens with zero attached hydrogens (tertiary/aromatic N) is 7. The van der Waals surface area contributed by atoms with E-state index < -0.39 is 0 Å². The van der Waals surface area contributed by atoms with E-state index in [9.17, 15) is 0 Å². The van der Waals surface area contributed by atoms with E-state index in [1.165, 1.54) is 352 Å². The van der Waals surface area contributed by atoms with Crippen LogP contribution in [0.15, 0.2) is 183 Å². The smallest absolute Gasteiger partial charge is 0.227 e. The van der Waals surface area contributed by atoms with Crippen LogP contribution in [0.3, 0.4) is 0 Å². The van der Waals surface area contributed by atoms with Crippen molar-refractivity contribution in [2.75, 3.05) is 19.8 Å². The summed E-state index contributed by atoms with van der Waals surface area (Å²) in [6, 6.07) is 52.0. The van der Waals surface area contributed by atoms with Crippen molar-refractivity contribution in [2.24, 2.45) is 5.92 Å². The summed E-state index contributed by atoms with van der Waals surface area (Å²) >= 11 is 0. The first-order valence-electron chi connectivity index (χ1n) is 52.0. The Balaban J connectivity index is 0.000000233. The van der Waals surface area contributed by atoms with Gasteiger partial charge in [-0.3, -0.25) is 0 Å². The Labute approximate surface area is 774 Å². The van der Waals surface area contributed by atoms with Crippen molar-refractivity contribution in [1.29, 1.82) is 0 Å². The van der Waals surface area contributed by atoms with Gasteiger partial charge in [-0.2, -0.15) is 0 Å². The Hall–Kier alpha value is -8.55. The Bertz CT molecular complexity index is 4130. The number of aryl methyl sites for hydroxylation is 4. The van der Waals surface area contributed by atoms with Crippen LogP contribution in [0.1, 0.15) is 410 Å². The summed E-state index contributed by atoms with van der Waals surface area (Å²) in [4.78, 5) is 31.5. The second kappa shape index (κ2) is 69.4. The van der Waals surface area contributed by atoms with Gasteiger partial charge in [-0.15, -0.1) is 0 Å². The molecule has 3 heterocycles. The summed E-state index contributed by atoms with van der Waals surface area (Å²) in [5, 5.41) is 0. The van der Waals surface area contributed by atoms with E-state index in [4.69, 9.17) is 20.8 Å². The van der Waals surface area contributed by atoms with Crippen LogP contribution in [0.5, 0.6) is 17.2 Å². The zero-order valence-electron chi connectivity index (χ0n) is 81.2. The molecule has 0 saturated heterocycles. The second-order valence-corrected chi connectivity index (χ2v) is 36.4. The zero-order chi connectivity index (χ0) is 89.7. The van der Waals surface area contributed by atoms with Gasteiger partial charge in [0, 0.05) is 66.2 Å². The normalized spacial score (nSPS) is 13.5. The van der Waals surface area contributed by atoms with Crippen LogP contribution >= 0.6 is 0 Å². The molecule has 0 amide bonds. The van der Waals surface area contributed by atoms with Crippen molar-refractivity contribution in [3.05, 3.63) is 222 Å². The Kier molecular flexibility index (Phi) is 57.7. The molecule has 0 spiro atoms. The molecule has 1 saturated carbocycles. The number of ether oxygens (including phenoxy) is 3. The predicted octanol–water partition coefficient (Wildman–Crippen LogP) is 35.4. The van der Waals surface area contributed by atoms with Gasteiger partial charge in [0.1, 0.15) is 17.2 Å². The molecule has 10 nitrogen and oxygen atoms in total. The van der Waals surface area contributed by atoms with Crippen molar-refractivity contribution >= 4 is 0 Å². The van der Waals surface area contributed by atoms with Crippen molar-refractivity contribution in [1.82, 2.24) is 29.9 Å². The molecule has 127 heavy (non-hydrogen) atoms. The molecule has 3 aromatic heterocycles. The average molecular weight is 1720 g/mol. The summed E-state index contributed by atoms with van der Waals surface area (Å²) in [6.45, 7) is 28.3. The van der Waals surface area contributed by atoms with E-state index in [0.717, 1.165) is 116 Å². The summed E-state index contributed by atoms with van der Waals surface area (Å²) in [6.07, 6.45) is 81.4. The molecule has 1 aliphatic rings. The van der Waals surface area contributed by atoms with E-state index in [1.54, 1.807) is 0 Å². The number of hydrogen-bond donors (Lipinski definition) is 0. The first kappa shape index (κ1) is 105. The van der Waals surface area contributed by atoms with Crippen LogP contribution < -0.4 is 14.2 Å². The lowest BCUT2D eigenvalue weighted by Gasteiger charge is -2.30. The van der Waals surface area contributed by atoms with Gasteiger partial charge < -0.3 is 19.1 Å². The lowest BCUT2D eigenvalue weighted by atomic mass is 9.74. The van der Waals surface area contributed by atoms with Crippen LogP contribution in [0.2, 0.25) is 0 Å². The quantitative estimate of drug-likeness (QED) is 0.0272. The van der Waals surface area contributed by atoms with E-state index >= 15 is 0 Å². The minimum atomic E-state index is 0.206. The minimum Gasteiger partial charge on any atom is -0.494 e. The van der Waals surface area contributed by atoms with Crippen molar-refractivity contribution in [3.63, 3.8) is 0 Å². The highest BCUT2D eigenvalue weighted by Crippen LogP contribution is 2.41. The monoisotopic (exact) mass is 1720 g/mol. The number of hydrogen-bond acceptors (Lipinski definition) is 9. The van der Waals surface area contributed by atoms with Gasteiger partial charge in [0.2, 0.25) is 6.04 Å². The lowest BCUT2D eigenvalue weighted by Crippen LogP contribution is -2.26. The fourth-order valence-electron chi connectivity index (χ4n) is 17.2. The Morgan fingerprint density at radius 3 is 0.780 bits per heavy atom. The first-order chi connectivity index (χ1) is 62.7. The van der Waals surface area contributed by atoms with Crippen molar-refractivity contribution in [2.45, 2.75) is 414 Å². The molecule has 0 aliphatic heterocycles. The third-order valence-electron chi connectivity index (χ3n) is 25.5. The van der Waals surface area contributed by atoms with Crippen LogP contribution in [0.4, 0.5) is 0 Å². The predicted molar refractivity (Wildman–Crippen MR) is 544 cm³/mol. The molecule has 692 valence electrons. The number of aromatic nitrogens is 6. The maximum Gasteiger partial charge on any atom is 0.227 e. The summed E-state index contributed by atoms with van der Waals surface area (Å²) in [7, 11) is 0. The highest BCUT2D eigenvalue weighted by molar-refractivity contribution is 5.71. The fraction of sp³-hybridized carbons (Fsp3) is 0.581. The lowest BCUT2D eigenvalue weighted by molar-refractivity contribution is 0.287. The molecule has 9 aromatic rings. The van der Waals surface area contributed by atoms with Crippen molar-refractivity contribution in [3.8, 4) is 73.7 Å². The zero-order valence-corrected chi connectivity index (χ0v) is 81.2. The van der Waals surface area contributed by atoms with E-state index in [0.29, 0.717) is 11.8 Å². The fourth-order valence-corrected chi connectivity index (χ4v) is 17.2. The maximum atomic E-state index is 7.76. The molecular formula is C117H171N7O3. The second-order valence-electron chi connectivity index (χ2n) is 36.4. The molecule has 1 fully saturated rings. The summed E-state index contributed by atoms with van der Waals surface area (Å²) in [5.74, 6) is 6.32. The standard InChI is InChI=1S/C36H45N.C28H44N2O.C27H42N2O.C26H40N2O/c1-4-6-8-10-11-28-13-15-29(16-14-28)30-17-19-31(20-18-30)32-21-23-33(24-22-32)35-26-25-34(12-9-7-5-2)36(27-35)37-3;1-3-5-7-9-11-12-13-15-17-25-23-29-28(30-24-25)26-18-20-27(21-19-26)31-22-16-14-10-8-6-4-2;1-3-5-7-9-11-13-15-21-30-26-19-17-25(18-20-26)27-28-22-24(23-29-27)16-14-12-10-8-6-4-2;1-3-5-7-9-11-13-15-23-21-27-26(28-22-23)24-16-18-25(19-17-24)29-20-14-12-10-8-6-4-2/h13-24,34-36H,4-12,25-27H2,1-2H3;18-21,23-24H,3-17,22H2,1-2H3;17-20,22-23H,3-16,21H2,1-2H3;16-19,21-22H,3-15,20H2,1-2H3/t34-,35?,36+;;;/m1.../s1. The molecular weight excluding hydrogens is 1550 g/mol. The summed E-state index contributed by atoms with van der Waals surface area (Å²) in [5.41, 5.74) is 14.8. The molecule has 0 N–H and O–H groups in total. The van der Waals surface area contributed by atoms with E-state index in [-0.39, 0.29) is 6.04 Å². The molecule has 6 aromatic carbocycles. The number of unbranched alkanes of at least 4 members (excludes halogenated alkanes) is 38. The average Bonchev–Trinajstić information content (AvgIpc) is 0.816. The summed E-state index contributed by atoms with van der Waals surface area (Å²) < 4.78 is 17.6. The third-order valence-corrected chi connectivity index (χ3v) is 25.5. The molecule has 0 bridgehead atoms. The molecule has 0 radical (unpaired) electrons. The molecule has 1 aliphatic carbocycles. The minimum absolute atomic E-state index is 0.206. The maximum absolute atomic E-state index is 7.76. The Morgan fingerprint density at radius 1 is 0.252 bits per heavy atom. The molecule has 3 atom stereocenters. The SMILES string of the molecule is CCCCCCCCCCc1cnc(-c2ccc(OCCCCCCCC)cc2)nc1.CCCCCCCCCOc1ccc(-c2ncc(CCCCCCCC)cn2)cc1.CCCCCCCCOc1ccc(-c2ncc(CCCCCCCC)cn2)cc1.[C-]#[N+][C@H]1CC(c2ccc(-c3ccc(-c4ccc(CCCCCC)cc4)cc3)cc2)CC[C@H]1CCCCC. The molecule has 10 rings (SSSR count). The van der Waals surface area contributed by atoms with Crippen LogP contribution in [-0.2, 0) is 25.7 Å². The third kappa shape index (κ3) is 45.5.